The first-order valence-corrected chi connectivity index (χ1v) is 10.2. The van der Waals surface area contributed by atoms with Crippen LogP contribution < -0.4 is 0 Å². The van der Waals surface area contributed by atoms with Crippen molar-refractivity contribution >= 4 is 11.6 Å². The molecule has 2 fully saturated rings. The van der Waals surface area contributed by atoms with E-state index < -0.39 is 4.92 Å². The molecule has 0 radical (unpaired) electrons. The van der Waals surface area contributed by atoms with Crippen LogP contribution in [0.5, 0.6) is 0 Å². The Morgan fingerprint density at radius 1 is 1.10 bits per heavy atom. The molecule has 4 rings (SSSR count). The second kappa shape index (κ2) is 8.69. The lowest BCUT2D eigenvalue weighted by Crippen LogP contribution is -2.36. The number of amides is 1. The average molecular weight is 399 g/mol. The summed E-state index contributed by atoms with van der Waals surface area (Å²) in [6.45, 7) is 4.24. The fraction of sp³-hybridized carbons (Fsp3) is 0.550. The first kappa shape index (κ1) is 19.5. The average Bonchev–Trinajstić information content (AvgIpc) is 3.42. The fourth-order valence-corrected chi connectivity index (χ4v) is 4.04. The molecule has 2 aliphatic rings. The molecule has 3 heterocycles. The van der Waals surface area contributed by atoms with E-state index >= 15 is 0 Å². The minimum Gasteiger partial charge on any atom is -0.419 e. The lowest BCUT2D eigenvalue weighted by molar-refractivity contribution is -0.384. The second-order valence-corrected chi connectivity index (χ2v) is 7.82. The first-order valence-electron chi connectivity index (χ1n) is 10.2. The highest BCUT2D eigenvalue weighted by Crippen LogP contribution is 2.25. The summed E-state index contributed by atoms with van der Waals surface area (Å²) in [6.07, 6.45) is 4.94. The molecule has 29 heavy (non-hydrogen) atoms. The molecule has 2 saturated heterocycles. The van der Waals surface area contributed by atoms with Gasteiger partial charge >= 0.3 is 0 Å². The standard InChI is InChI=1S/C20H25N5O4/c26-19(24-9-1-2-10-24)13-15-7-11-23(12-8-15)14-18-21-22-20(29-18)16-3-5-17(6-4-16)25(27)28/h3-6,15H,1-2,7-14H2. The van der Waals surface area contributed by atoms with Crippen LogP contribution >= 0.6 is 0 Å². The Morgan fingerprint density at radius 2 is 1.79 bits per heavy atom. The SMILES string of the molecule is O=C(CC1CCN(Cc2nnc(-c3ccc([N+](=O)[O-])cc3)o2)CC1)N1CCCC1. The van der Waals surface area contributed by atoms with Crippen molar-refractivity contribution in [3.8, 4) is 11.5 Å². The van der Waals surface area contributed by atoms with Gasteiger partial charge in [-0.2, -0.15) is 0 Å². The smallest absolute Gasteiger partial charge is 0.269 e. The van der Waals surface area contributed by atoms with Crippen LogP contribution in [0.2, 0.25) is 0 Å². The number of nitrogens with zero attached hydrogens (tertiary/aromatic N) is 5. The molecule has 2 aliphatic heterocycles. The van der Waals surface area contributed by atoms with E-state index in [0.29, 0.717) is 42.1 Å². The van der Waals surface area contributed by atoms with Gasteiger partial charge in [0.1, 0.15) is 0 Å². The monoisotopic (exact) mass is 399 g/mol. The molecule has 2 aromatic rings. The molecule has 0 unspecified atom stereocenters. The van der Waals surface area contributed by atoms with Crippen molar-refractivity contribution in [2.24, 2.45) is 5.92 Å². The van der Waals surface area contributed by atoms with Gasteiger partial charge in [0, 0.05) is 37.2 Å². The van der Waals surface area contributed by atoms with E-state index in [0.717, 1.165) is 51.9 Å². The number of non-ortho nitro benzene ring substituents is 1. The van der Waals surface area contributed by atoms with Crippen LogP contribution in [-0.4, -0.2) is 57.0 Å². The lowest BCUT2D eigenvalue weighted by atomic mass is 9.93. The fourth-order valence-electron chi connectivity index (χ4n) is 4.04. The molecule has 154 valence electrons. The summed E-state index contributed by atoms with van der Waals surface area (Å²) in [5.74, 6) is 1.66. The number of aromatic nitrogens is 2. The molecule has 1 aromatic carbocycles. The van der Waals surface area contributed by atoms with E-state index in [1.165, 1.54) is 12.1 Å². The normalized spacial score (nSPS) is 18.3. The maximum atomic E-state index is 12.3. The Labute approximate surface area is 168 Å². The third-order valence-electron chi connectivity index (χ3n) is 5.78. The van der Waals surface area contributed by atoms with Crippen LogP contribution in [0.4, 0.5) is 5.69 Å². The van der Waals surface area contributed by atoms with E-state index in [1.807, 2.05) is 4.90 Å². The Morgan fingerprint density at radius 3 is 2.45 bits per heavy atom. The van der Waals surface area contributed by atoms with Crippen LogP contribution in [0.1, 0.15) is 38.0 Å². The summed E-state index contributed by atoms with van der Waals surface area (Å²) in [5, 5.41) is 18.9. The third kappa shape index (κ3) is 4.79. The van der Waals surface area contributed by atoms with Gasteiger partial charge in [-0.1, -0.05) is 0 Å². The van der Waals surface area contributed by atoms with E-state index in [-0.39, 0.29) is 5.69 Å². The van der Waals surface area contributed by atoms with Crippen LogP contribution in [-0.2, 0) is 11.3 Å². The summed E-state index contributed by atoms with van der Waals surface area (Å²) >= 11 is 0. The highest BCUT2D eigenvalue weighted by Gasteiger charge is 2.26. The summed E-state index contributed by atoms with van der Waals surface area (Å²) in [5.41, 5.74) is 0.688. The van der Waals surface area contributed by atoms with Crippen LogP contribution in [0, 0.1) is 16.0 Å². The zero-order valence-electron chi connectivity index (χ0n) is 16.3. The van der Waals surface area contributed by atoms with Crippen molar-refractivity contribution in [2.45, 2.75) is 38.6 Å². The van der Waals surface area contributed by atoms with E-state index in [9.17, 15) is 14.9 Å². The number of carbonyl (C=O) groups excluding carboxylic acids is 1. The van der Waals surface area contributed by atoms with E-state index in [1.54, 1.807) is 12.1 Å². The van der Waals surface area contributed by atoms with Crippen molar-refractivity contribution in [1.29, 1.82) is 0 Å². The van der Waals surface area contributed by atoms with Gasteiger partial charge in [-0.25, -0.2) is 0 Å². The third-order valence-corrected chi connectivity index (χ3v) is 5.78. The van der Waals surface area contributed by atoms with Gasteiger partial charge in [0.05, 0.1) is 11.5 Å². The molecule has 0 saturated carbocycles. The van der Waals surface area contributed by atoms with Crippen LogP contribution in [0.25, 0.3) is 11.5 Å². The Balaban J connectivity index is 1.26. The highest BCUT2D eigenvalue weighted by atomic mass is 16.6. The van der Waals surface area contributed by atoms with Crippen molar-refractivity contribution < 1.29 is 14.1 Å². The molecule has 0 atom stereocenters. The number of rotatable bonds is 6. The predicted octanol–water partition coefficient (Wildman–Crippen LogP) is 2.87. The molecule has 0 N–H and O–H groups in total. The molecule has 0 aliphatic carbocycles. The summed E-state index contributed by atoms with van der Waals surface area (Å²) in [4.78, 5) is 26.9. The van der Waals surface area contributed by atoms with Crippen molar-refractivity contribution in [3.05, 3.63) is 40.3 Å². The predicted molar refractivity (Wildman–Crippen MR) is 105 cm³/mol. The molecule has 9 heteroatoms. The van der Waals surface area contributed by atoms with Gasteiger partial charge in [0.2, 0.25) is 17.7 Å². The van der Waals surface area contributed by atoms with Crippen molar-refractivity contribution in [1.82, 2.24) is 20.0 Å². The Bertz CT molecular complexity index is 852. The minimum atomic E-state index is -0.439. The maximum Gasteiger partial charge on any atom is 0.269 e. The van der Waals surface area contributed by atoms with Gasteiger partial charge in [-0.3, -0.25) is 19.8 Å². The van der Waals surface area contributed by atoms with E-state index in [4.69, 9.17) is 4.42 Å². The number of likely N-dealkylation sites (tertiary alicyclic amines) is 2. The molecule has 1 amide bonds. The number of nitro benzene ring substituents is 1. The number of benzene rings is 1. The molecular weight excluding hydrogens is 374 g/mol. The Kier molecular flexibility index (Phi) is 5.84. The van der Waals surface area contributed by atoms with Crippen LogP contribution in [0.3, 0.4) is 0 Å². The zero-order valence-corrected chi connectivity index (χ0v) is 16.3. The summed E-state index contributed by atoms with van der Waals surface area (Å²) in [7, 11) is 0. The number of nitro groups is 1. The van der Waals surface area contributed by atoms with Gasteiger partial charge in [-0.05, 0) is 56.8 Å². The molecule has 0 spiro atoms. The molecular formula is C20H25N5O4. The Hall–Kier alpha value is -2.81. The van der Waals surface area contributed by atoms with Crippen LogP contribution in [0.15, 0.2) is 28.7 Å². The van der Waals surface area contributed by atoms with Crippen molar-refractivity contribution in [3.63, 3.8) is 0 Å². The van der Waals surface area contributed by atoms with Gasteiger partial charge < -0.3 is 9.32 Å². The largest absolute Gasteiger partial charge is 0.419 e. The van der Waals surface area contributed by atoms with Gasteiger partial charge in [0.25, 0.3) is 5.69 Å². The topological polar surface area (TPSA) is 106 Å². The molecule has 0 bridgehead atoms. The zero-order chi connectivity index (χ0) is 20.2. The lowest BCUT2D eigenvalue weighted by Gasteiger charge is -2.31. The summed E-state index contributed by atoms with van der Waals surface area (Å²) < 4.78 is 5.74. The summed E-state index contributed by atoms with van der Waals surface area (Å²) in [6, 6.07) is 6.07. The number of hydrogen-bond donors (Lipinski definition) is 0. The van der Waals surface area contributed by atoms with Crippen molar-refractivity contribution in [2.75, 3.05) is 26.2 Å². The minimum absolute atomic E-state index is 0.0274. The quantitative estimate of drug-likeness (QED) is 0.543. The first-order chi connectivity index (χ1) is 14.1. The van der Waals surface area contributed by atoms with E-state index in [2.05, 4.69) is 15.1 Å². The second-order valence-electron chi connectivity index (χ2n) is 7.82. The van der Waals surface area contributed by atoms with Gasteiger partial charge in [-0.15, -0.1) is 10.2 Å². The maximum absolute atomic E-state index is 12.3. The van der Waals surface area contributed by atoms with Gasteiger partial charge in [0.15, 0.2) is 0 Å². The molecule has 9 nitrogen and oxygen atoms in total. The number of hydrogen-bond acceptors (Lipinski definition) is 7. The number of piperidine rings is 1. The number of carbonyl (C=O) groups is 1. The highest BCUT2D eigenvalue weighted by molar-refractivity contribution is 5.76. The molecule has 1 aromatic heterocycles.